The summed E-state index contributed by atoms with van der Waals surface area (Å²) in [6.07, 6.45) is 4.42. The lowest BCUT2D eigenvalue weighted by atomic mass is 9.93. The van der Waals surface area contributed by atoms with Crippen LogP contribution in [0.2, 0.25) is 5.02 Å². The van der Waals surface area contributed by atoms with E-state index in [9.17, 15) is 4.79 Å². The van der Waals surface area contributed by atoms with Gasteiger partial charge in [-0.25, -0.2) is 0 Å². The van der Waals surface area contributed by atoms with Crippen LogP contribution in [0.1, 0.15) is 31.6 Å². The number of carbonyl (C=O) groups is 1. The van der Waals surface area contributed by atoms with Gasteiger partial charge in [-0.15, -0.1) is 0 Å². The first-order chi connectivity index (χ1) is 12.2. The maximum Gasteiger partial charge on any atom is 0.228 e. The number of nitrogens with zero attached hydrogens (tertiary/aromatic N) is 2. The van der Waals surface area contributed by atoms with Crippen LogP contribution in [0.25, 0.3) is 11.4 Å². The number of halogens is 1. The minimum Gasteiger partial charge on any atom is -0.356 e. The minimum atomic E-state index is 0.0935. The van der Waals surface area contributed by atoms with Gasteiger partial charge in [-0.05, 0) is 62.5 Å². The molecule has 1 aromatic heterocycles. The number of amides is 1. The Morgan fingerprint density at radius 2 is 2.04 bits per heavy atom. The summed E-state index contributed by atoms with van der Waals surface area (Å²) in [5.74, 6) is 1.81. The Balaban J connectivity index is 1.38. The third-order valence-electron chi connectivity index (χ3n) is 4.47. The summed E-state index contributed by atoms with van der Waals surface area (Å²) in [4.78, 5) is 16.3. The maximum absolute atomic E-state index is 11.9. The van der Waals surface area contributed by atoms with Gasteiger partial charge in [0.1, 0.15) is 0 Å². The molecule has 0 saturated carbocycles. The Morgan fingerprint density at radius 1 is 1.28 bits per heavy atom. The predicted octanol–water partition coefficient (Wildman–Crippen LogP) is 2.83. The van der Waals surface area contributed by atoms with Crippen molar-refractivity contribution in [2.45, 2.75) is 32.1 Å². The quantitative estimate of drug-likeness (QED) is 0.791. The number of nitrogens with one attached hydrogen (secondary N) is 2. The Kier molecular flexibility index (Phi) is 6.42. The van der Waals surface area contributed by atoms with Gasteiger partial charge in [0.05, 0.1) is 0 Å². The molecular formula is C18H23ClN4O2. The summed E-state index contributed by atoms with van der Waals surface area (Å²) in [6, 6.07) is 7.27. The van der Waals surface area contributed by atoms with Gasteiger partial charge in [-0.2, -0.15) is 4.98 Å². The highest BCUT2D eigenvalue weighted by Gasteiger charge is 2.14. The van der Waals surface area contributed by atoms with Gasteiger partial charge in [0, 0.05) is 30.0 Å². The van der Waals surface area contributed by atoms with Crippen LogP contribution in [0.4, 0.5) is 0 Å². The van der Waals surface area contributed by atoms with E-state index < -0.39 is 0 Å². The molecule has 25 heavy (non-hydrogen) atoms. The van der Waals surface area contributed by atoms with Crippen LogP contribution in [0.3, 0.4) is 0 Å². The zero-order valence-corrected chi connectivity index (χ0v) is 14.9. The molecule has 1 saturated heterocycles. The number of piperidine rings is 1. The first kappa shape index (κ1) is 17.9. The van der Waals surface area contributed by atoms with Crippen LogP contribution in [0.15, 0.2) is 28.8 Å². The number of rotatable bonds is 7. The highest BCUT2D eigenvalue weighted by atomic mass is 35.5. The number of benzene rings is 1. The Labute approximate surface area is 152 Å². The number of hydrogen-bond acceptors (Lipinski definition) is 5. The van der Waals surface area contributed by atoms with E-state index in [1.807, 2.05) is 12.1 Å². The molecule has 1 aliphatic heterocycles. The van der Waals surface area contributed by atoms with Gasteiger partial charge in [-0.3, -0.25) is 4.79 Å². The molecule has 6 nitrogen and oxygen atoms in total. The topological polar surface area (TPSA) is 80.0 Å². The maximum atomic E-state index is 11.9. The molecule has 134 valence electrons. The monoisotopic (exact) mass is 362 g/mol. The molecule has 0 spiro atoms. The van der Waals surface area contributed by atoms with Crippen molar-refractivity contribution in [3.8, 4) is 11.4 Å². The van der Waals surface area contributed by atoms with Crippen molar-refractivity contribution in [2.24, 2.45) is 5.92 Å². The molecule has 1 aliphatic rings. The molecular weight excluding hydrogens is 340 g/mol. The normalized spacial score (nSPS) is 15.2. The SMILES string of the molecule is O=C(CCC1CCNCC1)NCCc1nc(-c2ccc(Cl)cc2)no1. The van der Waals surface area contributed by atoms with E-state index in [-0.39, 0.29) is 5.91 Å². The first-order valence-corrected chi connectivity index (χ1v) is 9.14. The van der Waals surface area contributed by atoms with Crippen LogP contribution in [0.5, 0.6) is 0 Å². The fourth-order valence-electron chi connectivity index (χ4n) is 2.98. The summed E-state index contributed by atoms with van der Waals surface area (Å²) >= 11 is 5.87. The van der Waals surface area contributed by atoms with Crippen molar-refractivity contribution in [2.75, 3.05) is 19.6 Å². The van der Waals surface area contributed by atoms with Crippen molar-refractivity contribution < 1.29 is 9.32 Å². The van der Waals surface area contributed by atoms with Crippen LogP contribution in [-0.2, 0) is 11.2 Å². The van der Waals surface area contributed by atoms with Crippen molar-refractivity contribution in [3.63, 3.8) is 0 Å². The second-order valence-electron chi connectivity index (χ2n) is 6.35. The molecule has 1 amide bonds. The van der Waals surface area contributed by atoms with E-state index in [0.29, 0.717) is 42.0 Å². The predicted molar refractivity (Wildman–Crippen MR) is 96.3 cm³/mol. The lowest BCUT2D eigenvalue weighted by Gasteiger charge is -2.22. The summed E-state index contributed by atoms with van der Waals surface area (Å²) in [5, 5.41) is 10.9. The van der Waals surface area contributed by atoms with E-state index in [2.05, 4.69) is 20.8 Å². The average molecular weight is 363 g/mol. The van der Waals surface area contributed by atoms with Gasteiger partial charge >= 0.3 is 0 Å². The Hall–Kier alpha value is -1.92. The summed E-state index contributed by atoms with van der Waals surface area (Å²) in [7, 11) is 0. The Morgan fingerprint density at radius 3 is 2.80 bits per heavy atom. The van der Waals surface area contributed by atoms with Crippen LogP contribution in [-0.4, -0.2) is 35.7 Å². The molecule has 2 aromatic rings. The van der Waals surface area contributed by atoms with Crippen LogP contribution >= 0.6 is 11.6 Å². The van der Waals surface area contributed by atoms with E-state index in [0.717, 1.165) is 25.1 Å². The smallest absolute Gasteiger partial charge is 0.228 e. The Bertz CT molecular complexity index is 681. The summed E-state index contributed by atoms with van der Waals surface area (Å²) in [5.41, 5.74) is 0.852. The fraction of sp³-hybridized carbons (Fsp3) is 0.500. The van der Waals surface area contributed by atoms with Gasteiger partial charge < -0.3 is 15.2 Å². The highest BCUT2D eigenvalue weighted by molar-refractivity contribution is 6.30. The number of aromatic nitrogens is 2. The van der Waals surface area contributed by atoms with E-state index >= 15 is 0 Å². The van der Waals surface area contributed by atoms with E-state index in [4.69, 9.17) is 16.1 Å². The number of carbonyl (C=O) groups excluding carboxylic acids is 1. The molecule has 1 fully saturated rings. The van der Waals surface area contributed by atoms with Gasteiger partial charge in [0.15, 0.2) is 0 Å². The summed E-state index contributed by atoms with van der Waals surface area (Å²) < 4.78 is 5.23. The molecule has 0 bridgehead atoms. The molecule has 3 rings (SSSR count). The fourth-order valence-corrected chi connectivity index (χ4v) is 3.10. The van der Waals surface area contributed by atoms with Gasteiger partial charge in [0.25, 0.3) is 0 Å². The first-order valence-electron chi connectivity index (χ1n) is 8.76. The third-order valence-corrected chi connectivity index (χ3v) is 4.72. The molecule has 2 N–H and O–H groups in total. The molecule has 7 heteroatoms. The average Bonchev–Trinajstić information content (AvgIpc) is 3.10. The lowest BCUT2D eigenvalue weighted by Crippen LogP contribution is -2.30. The van der Waals surface area contributed by atoms with E-state index in [1.54, 1.807) is 12.1 Å². The second kappa shape index (κ2) is 8.97. The molecule has 0 aliphatic carbocycles. The van der Waals surface area contributed by atoms with Crippen molar-refractivity contribution in [1.82, 2.24) is 20.8 Å². The summed E-state index contributed by atoms with van der Waals surface area (Å²) in [6.45, 7) is 2.64. The zero-order valence-electron chi connectivity index (χ0n) is 14.1. The van der Waals surface area contributed by atoms with Crippen molar-refractivity contribution in [3.05, 3.63) is 35.2 Å². The van der Waals surface area contributed by atoms with Crippen molar-refractivity contribution >= 4 is 17.5 Å². The number of hydrogen-bond donors (Lipinski definition) is 2. The van der Waals surface area contributed by atoms with Gasteiger partial charge in [0.2, 0.25) is 17.6 Å². The standard InChI is InChI=1S/C18H23ClN4O2/c19-15-4-2-14(3-5-15)18-22-17(25-23-18)9-12-21-16(24)6-1-13-7-10-20-11-8-13/h2-5,13,20H,1,6-12H2,(H,21,24). The lowest BCUT2D eigenvalue weighted by molar-refractivity contribution is -0.121. The minimum absolute atomic E-state index is 0.0935. The highest BCUT2D eigenvalue weighted by Crippen LogP contribution is 2.19. The second-order valence-corrected chi connectivity index (χ2v) is 6.79. The molecule has 1 aromatic carbocycles. The van der Waals surface area contributed by atoms with Crippen LogP contribution in [0, 0.1) is 5.92 Å². The molecule has 0 radical (unpaired) electrons. The molecule has 2 heterocycles. The molecule has 0 unspecified atom stereocenters. The molecule has 0 atom stereocenters. The van der Waals surface area contributed by atoms with Crippen molar-refractivity contribution in [1.29, 1.82) is 0 Å². The van der Waals surface area contributed by atoms with Gasteiger partial charge in [-0.1, -0.05) is 16.8 Å². The van der Waals surface area contributed by atoms with Crippen LogP contribution < -0.4 is 10.6 Å². The largest absolute Gasteiger partial charge is 0.356 e. The third kappa shape index (κ3) is 5.54. The van der Waals surface area contributed by atoms with E-state index in [1.165, 1.54) is 12.8 Å². The zero-order chi connectivity index (χ0) is 17.5.